The van der Waals surface area contributed by atoms with Crippen molar-refractivity contribution in [2.75, 3.05) is 13.7 Å². The van der Waals surface area contributed by atoms with Gasteiger partial charge in [0.1, 0.15) is 11.6 Å². The molecule has 8 nitrogen and oxygen atoms in total. The highest BCUT2D eigenvalue weighted by molar-refractivity contribution is 6.13. The first-order valence-corrected chi connectivity index (χ1v) is 9.41. The lowest BCUT2D eigenvalue weighted by atomic mass is 9.68. The third-order valence-corrected chi connectivity index (χ3v) is 4.69. The predicted octanol–water partition coefficient (Wildman–Crippen LogP) is 1.51. The van der Waals surface area contributed by atoms with Crippen LogP contribution in [-0.2, 0) is 38.8 Å². The Morgan fingerprint density at radius 3 is 2.28 bits per heavy atom. The van der Waals surface area contributed by atoms with Gasteiger partial charge in [-0.15, -0.1) is 0 Å². The Labute approximate surface area is 169 Å². The molecule has 2 rings (SSSR count). The molecular formula is C21H27NO7. The van der Waals surface area contributed by atoms with E-state index >= 15 is 0 Å². The molecule has 1 aromatic rings. The van der Waals surface area contributed by atoms with Crippen LogP contribution >= 0.6 is 0 Å². The molecule has 158 valence electrons. The number of hydrogen-bond acceptors (Lipinski definition) is 7. The summed E-state index contributed by atoms with van der Waals surface area (Å²) in [5.41, 5.74) is -2.32. The largest absolute Gasteiger partial charge is 0.467 e. The highest BCUT2D eigenvalue weighted by Gasteiger charge is 2.64. The van der Waals surface area contributed by atoms with Crippen LogP contribution in [0.15, 0.2) is 30.3 Å². The Hall–Kier alpha value is -2.90. The number of rotatable bonds is 6. The van der Waals surface area contributed by atoms with Crippen LogP contribution in [0.1, 0.15) is 39.7 Å². The number of amides is 1. The third-order valence-electron chi connectivity index (χ3n) is 4.69. The summed E-state index contributed by atoms with van der Waals surface area (Å²) in [4.78, 5) is 51.3. The summed E-state index contributed by atoms with van der Waals surface area (Å²) in [5, 5.41) is 2.53. The first kappa shape index (κ1) is 22.4. The Morgan fingerprint density at radius 1 is 1.14 bits per heavy atom. The number of ether oxygens (including phenoxy) is 3. The van der Waals surface area contributed by atoms with E-state index in [0.29, 0.717) is 5.56 Å². The minimum Gasteiger partial charge on any atom is -0.467 e. The summed E-state index contributed by atoms with van der Waals surface area (Å²) < 4.78 is 15.4. The molecule has 3 atom stereocenters. The van der Waals surface area contributed by atoms with E-state index in [0.717, 1.165) is 0 Å². The predicted molar refractivity (Wildman–Crippen MR) is 103 cm³/mol. The van der Waals surface area contributed by atoms with Gasteiger partial charge in [0.2, 0.25) is 5.91 Å². The van der Waals surface area contributed by atoms with Crippen LogP contribution in [0.3, 0.4) is 0 Å². The van der Waals surface area contributed by atoms with E-state index in [-0.39, 0.29) is 13.0 Å². The lowest BCUT2D eigenvalue weighted by molar-refractivity contribution is -0.160. The molecule has 0 saturated carbocycles. The number of esters is 3. The van der Waals surface area contributed by atoms with Crippen LogP contribution in [0, 0.1) is 5.92 Å². The van der Waals surface area contributed by atoms with Crippen LogP contribution in [0.25, 0.3) is 0 Å². The normalized spacial score (nSPS) is 23.8. The van der Waals surface area contributed by atoms with Gasteiger partial charge in [-0.05, 0) is 33.3 Å². The van der Waals surface area contributed by atoms with Gasteiger partial charge in [-0.1, -0.05) is 30.3 Å². The number of benzene rings is 1. The van der Waals surface area contributed by atoms with Crippen molar-refractivity contribution in [3.8, 4) is 0 Å². The molecule has 8 heteroatoms. The van der Waals surface area contributed by atoms with Crippen molar-refractivity contribution < 1.29 is 33.4 Å². The van der Waals surface area contributed by atoms with Crippen molar-refractivity contribution in [3.63, 3.8) is 0 Å². The van der Waals surface area contributed by atoms with Gasteiger partial charge < -0.3 is 19.5 Å². The van der Waals surface area contributed by atoms with Crippen molar-refractivity contribution in [2.45, 2.75) is 51.2 Å². The van der Waals surface area contributed by atoms with Crippen molar-refractivity contribution in [1.82, 2.24) is 5.32 Å². The minimum atomic E-state index is -1.88. The molecule has 0 unspecified atom stereocenters. The Bertz CT molecular complexity index is 784. The second-order valence-electron chi connectivity index (χ2n) is 7.77. The number of carbonyl (C=O) groups excluding carboxylic acids is 4. The van der Waals surface area contributed by atoms with E-state index < -0.39 is 46.8 Å². The zero-order chi connectivity index (χ0) is 21.8. The van der Waals surface area contributed by atoms with Gasteiger partial charge in [-0.25, -0.2) is 4.79 Å². The maximum absolute atomic E-state index is 13.1. The Kier molecular flexibility index (Phi) is 6.66. The summed E-state index contributed by atoms with van der Waals surface area (Å²) in [5.74, 6) is -4.03. The van der Waals surface area contributed by atoms with Crippen molar-refractivity contribution in [2.24, 2.45) is 5.92 Å². The van der Waals surface area contributed by atoms with Gasteiger partial charge >= 0.3 is 17.9 Å². The van der Waals surface area contributed by atoms with E-state index in [4.69, 9.17) is 14.2 Å². The Morgan fingerprint density at radius 2 is 1.76 bits per heavy atom. The van der Waals surface area contributed by atoms with Gasteiger partial charge in [-0.2, -0.15) is 0 Å². The quantitative estimate of drug-likeness (QED) is 0.434. The fourth-order valence-electron chi connectivity index (χ4n) is 3.61. The molecule has 1 aromatic carbocycles. The molecule has 0 aromatic heterocycles. The second kappa shape index (κ2) is 8.63. The van der Waals surface area contributed by atoms with Gasteiger partial charge in [0.05, 0.1) is 20.1 Å². The molecule has 0 radical (unpaired) electrons. The summed E-state index contributed by atoms with van der Waals surface area (Å²) >= 11 is 0. The van der Waals surface area contributed by atoms with Crippen LogP contribution in [0.5, 0.6) is 0 Å². The molecule has 1 aliphatic heterocycles. The van der Waals surface area contributed by atoms with Crippen LogP contribution in [0.4, 0.5) is 0 Å². The SMILES string of the molecule is CCOC(=O)[C@]1(c2ccccc2)C(=O)N[C@H](C(=O)OC)[C@H]1CC(=O)OC(C)(C)C. The molecular weight excluding hydrogens is 378 g/mol. The number of hydrogen-bond donors (Lipinski definition) is 1. The smallest absolute Gasteiger partial charge is 0.328 e. The molecule has 1 fully saturated rings. The summed E-state index contributed by atoms with van der Waals surface area (Å²) in [6, 6.07) is 7.05. The number of nitrogens with one attached hydrogen (secondary N) is 1. The summed E-state index contributed by atoms with van der Waals surface area (Å²) in [7, 11) is 1.17. The average Bonchev–Trinajstić information content (AvgIpc) is 2.93. The lowest BCUT2D eigenvalue weighted by Crippen LogP contribution is -2.50. The van der Waals surface area contributed by atoms with E-state index in [2.05, 4.69) is 5.32 Å². The number of carbonyl (C=O) groups is 4. The molecule has 0 spiro atoms. The summed E-state index contributed by atoms with van der Waals surface area (Å²) in [6.45, 7) is 6.76. The Balaban J connectivity index is 2.62. The van der Waals surface area contributed by atoms with E-state index in [1.54, 1.807) is 58.0 Å². The molecule has 29 heavy (non-hydrogen) atoms. The molecule has 0 aliphatic carbocycles. The zero-order valence-corrected chi connectivity index (χ0v) is 17.3. The topological polar surface area (TPSA) is 108 Å². The van der Waals surface area contributed by atoms with Gasteiger partial charge in [0.15, 0.2) is 5.41 Å². The average molecular weight is 405 g/mol. The first-order valence-electron chi connectivity index (χ1n) is 9.41. The molecule has 1 heterocycles. The minimum absolute atomic E-state index is 0.0305. The molecule has 1 amide bonds. The second-order valence-corrected chi connectivity index (χ2v) is 7.77. The fourth-order valence-corrected chi connectivity index (χ4v) is 3.61. The van der Waals surface area contributed by atoms with Crippen LogP contribution < -0.4 is 5.32 Å². The van der Waals surface area contributed by atoms with E-state index in [1.165, 1.54) is 7.11 Å². The van der Waals surface area contributed by atoms with Crippen molar-refractivity contribution in [1.29, 1.82) is 0 Å². The first-order chi connectivity index (χ1) is 13.6. The summed E-state index contributed by atoms with van der Waals surface area (Å²) in [6.07, 6.45) is -0.358. The number of methoxy groups -OCH3 is 1. The van der Waals surface area contributed by atoms with Gasteiger partial charge in [0, 0.05) is 5.92 Å². The lowest BCUT2D eigenvalue weighted by Gasteiger charge is -2.32. The fraction of sp³-hybridized carbons (Fsp3) is 0.524. The van der Waals surface area contributed by atoms with Crippen molar-refractivity contribution >= 4 is 23.8 Å². The molecule has 0 bridgehead atoms. The van der Waals surface area contributed by atoms with Crippen LogP contribution in [-0.4, -0.2) is 49.2 Å². The third kappa shape index (κ3) is 4.41. The van der Waals surface area contributed by atoms with Gasteiger partial charge in [-0.3, -0.25) is 14.4 Å². The van der Waals surface area contributed by atoms with Crippen molar-refractivity contribution in [3.05, 3.63) is 35.9 Å². The maximum atomic E-state index is 13.1. The van der Waals surface area contributed by atoms with Gasteiger partial charge in [0.25, 0.3) is 0 Å². The monoisotopic (exact) mass is 405 g/mol. The van der Waals surface area contributed by atoms with E-state index in [1.807, 2.05) is 0 Å². The van der Waals surface area contributed by atoms with E-state index in [9.17, 15) is 19.2 Å². The highest BCUT2D eigenvalue weighted by Crippen LogP contribution is 2.43. The molecule has 1 saturated heterocycles. The zero-order valence-electron chi connectivity index (χ0n) is 17.3. The standard InChI is InChI=1S/C21H27NO7/c1-6-28-19(26)21(13-10-8-7-9-11-13)14(12-15(23)29-20(2,3)4)16(17(24)27-5)22-18(21)25/h7-11,14,16H,6,12H2,1-5H3,(H,22,25)/t14-,16+,21+/m1/s1. The molecule has 1 aliphatic rings. The highest BCUT2D eigenvalue weighted by atomic mass is 16.6. The van der Waals surface area contributed by atoms with Crippen LogP contribution in [0.2, 0.25) is 0 Å². The molecule has 1 N–H and O–H groups in total. The maximum Gasteiger partial charge on any atom is 0.328 e.